The van der Waals surface area contributed by atoms with Gasteiger partial charge < -0.3 is 14.1 Å². The van der Waals surface area contributed by atoms with Crippen molar-refractivity contribution < 1.29 is 18.3 Å². The van der Waals surface area contributed by atoms with Gasteiger partial charge in [-0.3, -0.25) is 9.36 Å². The number of rotatable bonds is 4. The number of halogens is 1. The van der Waals surface area contributed by atoms with E-state index in [9.17, 15) is 14.0 Å². The molecule has 2 aliphatic rings. The number of ether oxygens (including phenoxy) is 1. The van der Waals surface area contributed by atoms with Gasteiger partial charge >= 0.3 is 5.76 Å². The second kappa shape index (κ2) is 16.1. The number of amides is 1. The van der Waals surface area contributed by atoms with Crippen molar-refractivity contribution in [1.82, 2.24) is 4.57 Å². The minimum absolute atomic E-state index is 0.0711. The second-order valence-corrected chi connectivity index (χ2v) is 9.83. The van der Waals surface area contributed by atoms with E-state index >= 15 is 0 Å². The number of alkyl halides is 1. The number of benzene rings is 2. The summed E-state index contributed by atoms with van der Waals surface area (Å²) in [5.74, 6) is 0.904. The van der Waals surface area contributed by atoms with Crippen molar-refractivity contribution in [3.63, 3.8) is 0 Å². The van der Waals surface area contributed by atoms with Gasteiger partial charge in [0.15, 0.2) is 11.2 Å². The van der Waals surface area contributed by atoms with Crippen LogP contribution in [0.3, 0.4) is 0 Å². The lowest BCUT2D eigenvalue weighted by molar-refractivity contribution is -0.132. The van der Waals surface area contributed by atoms with Gasteiger partial charge in [-0.05, 0) is 81.8 Å². The van der Waals surface area contributed by atoms with E-state index in [0.717, 1.165) is 23.2 Å². The third-order valence-corrected chi connectivity index (χ3v) is 5.80. The third-order valence-electron chi connectivity index (χ3n) is 5.80. The molecule has 0 saturated heterocycles. The maximum atomic E-state index is 12.5. The number of hydrogen-bond acceptors (Lipinski definition) is 4. The molecule has 1 aliphatic heterocycles. The molecular weight excluding hydrogens is 495 g/mol. The predicted octanol–water partition coefficient (Wildman–Crippen LogP) is 8.25. The van der Waals surface area contributed by atoms with Gasteiger partial charge in [0, 0.05) is 6.54 Å². The number of nitrogens with zero attached hydrogens (tertiary/aromatic N) is 2. The van der Waals surface area contributed by atoms with Gasteiger partial charge in [-0.25, -0.2) is 9.18 Å². The first kappa shape index (κ1) is 33.9. The molecule has 0 radical (unpaired) electrons. The van der Waals surface area contributed by atoms with Gasteiger partial charge in [-0.1, -0.05) is 60.1 Å². The monoisotopic (exact) mass is 544 g/mol. The molecule has 2 aromatic carbocycles. The van der Waals surface area contributed by atoms with Crippen LogP contribution in [0.1, 0.15) is 85.8 Å². The molecule has 0 spiro atoms. The van der Waals surface area contributed by atoms with Crippen LogP contribution in [0.15, 0.2) is 45.6 Å². The fraction of sp³-hybridized carbons (Fsp3) is 0.562. The molecule has 1 amide bonds. The standard InChI is InChI=1S/C13H16FNO2.C12H13NO2.C3H8.2C2H6/c1-9-4-5-10-11(8-9)17-13(2,3)12(16)15(10)7-6-14;1-8-2-5-10-11(6-8)15-12(14)13(10)7-9-3-4-9;1-3-2;2*1-2/h4-5,8H,6-7H2,1-3H3;2,5-6,9H,3-4,7H2,1H3;3H2,1-2H3;2*1-2H3. The Morgan fingerprint density at radius 3 is 2.08 bits per heavy atom. The lowest BCUT2D eigenvalue weighted by Gasteiger charge is -2.38. The highest BCUT2D eigenvalue weighted by atomic mass is 19.1. The normalized spacial score (nSPS) is 14.6. The Bertz CT molecular complexity index is 1220. The van der Waals surface area contributed by atoms with E-state index in [-0.39, 0.29) is 18.2 Å². The zero-order valence-electron chi connectivity index (χ0n) is 25.7. The molecule has 5 rings (SSSR count). The Labute approximate surface area is 234 Å². The number of hydrogen-bond donors (Lipinski definition) is 0. The molecule has 218 valence electrons. The van der Waals surface area contributed by atoms with Gasteiger partial charge in [0.05, 0.1) is 17.7 Å². The van der Waals surface area contributed by atoms with Crippen LogP contribution in [0, 0.1) is 19.8 Å². The van der Waals surface area contributed by atoms with Crippen molar-refractivity contribution in [2.24, 2.45) is 5.92 Å². The molecule has 39 heavy (non-hydrogen) atoms. The van der Waals surface area contributed by atoms with Crippen molar-refractivity contribution in [1.29, 1.82) is 0 Å². The lowest BCUT2D eigenvalue weighted by Crippen LogP contribution is -2.53. The van der Waals surface area contributed by atoms with E-state index in [0.29, 0.717) is 22.9 Å². The van der Waals surface area contributed by atoms with Crippen LogP contribution in [0.5, 0.6) is 5.75 Å². The summed E-state index contributed by atoms with van der Waals surface area (Å²) in [6.45, 7) is 19.9. The molecular formula is C32H49FN2O4. The van der Waals surface area contributed by atoms with Crippen LogP contribution in [-0.4, -0.2) is 29.3 Å². The summed E-state index contributed by atoms with van der Waals surface area (Å²) in [7, 11) is 0. The minimum Gasteiger partial charge on any atom is -0.476 e. The van der Waals surface area contributed by atoms with E-state index < -0.39 is 12.3 Å². The summed E-state index contributed by atoms with van der Waals surface area (Å²) in [6, 6.07) is 11.5. The quantitative estimate of drug-likeness (QED) is 0.332. The Hall–Kier alpha value is -3.09. The molecule has 2 heterocycles. The smallest absolute Gasteiger partial charge is 0.419 e. The number of aromatic nitrogens is 1. The van der Waals surface area contributed by atoms with E-state index in [4.69, 9.17) is 9.15 Å². The molecule has 3 aromatic rings. The number of carbonyl (C=O) groups excluding carboxylic acids is 1. The lowest BCUT2D eigenvalue weighted by atomic mass is 10.0. The molecule has 1 aliphatic carbocycles. The maximum absolute atomic E-state index is 12.5. The van der Waals surface area contributed by atoms with Crippen LogP contribution in [-0.2, 0) is 11.3 Å². The van der Waals surface area contributed by atoms with Crippen molar-refractivity contribution in [2.45, 2.75) is 101 Å². The average Bonchev–Trinajstić information content (AvgIpc) is 3.68. The Morgan fingerprint density at radius 2 is 1.51 bits per heavy atom. The Morgan fingerprint density at radius 1 is 0.949 bits per heavy atom. The number of carbonyl (C=O) groups is 1. The van der Waals surface area contributed by atoms with Gasteiger partial charge in [0.25, 0.3) is 5.91 Å². The first-order valence-corrected chi connectivity index (χ1v) is 14.4. The van der Waals surface area contributed by atoms with E-state index in [1.165, 1.54) is 24.2 Å². The fourth-order valence-corrected chi connectivity index (χ4v) is 3.89. The average molecular weight is 545 g/mol. The number of fused-ring (bicyclic) bond motifs is 2. The van der Waals surface area contributed by atoms with Crippen LogP contribution in [0.2, 0.25) is 0 Å². The van der Waals surface area contributed by atoms with Gasteiger partial charge in [0.2, 0.25) is 0 Å². The van der Waals surface area contributed by atoms with Gasteiger partial charge in [-0.2, -0.15) is 0 Å². The molecule has 0 unspecified atom stereocenters. The summed E-state index contributed by atoms with van der Waals surface area (Å²) < 4.78 is 25.2. The summed E-state index contributed by atoms with van der Waals surface area (Å²) in [5.41, 5.74) is 3.52. The highest BCUT2D eigenvalue weighted by molar-refractivity contribution is 6.02. The third kappa shape index (κ3) is 9.26. The molecule has 1 fully saturated rings. The molecule has 6 nitrogen and oxygen atoms in total. The van der Waals surface area contributed by atoms with Crippen LogP contribution >= 0.6 is 0 Å². The summed E-state index contributed by atoms with van der Waals surface area (Å²) in [4.78, 5) is 25.2. The molecule has 0 N–H and O–H groups in total. The van der Waals surface area contributed by atoms with E-state index in [1.807, 2.05) is 71.9 Å². The second-order valence-electron chi connectivity index (χ2n) is 9.83. The summed E-state index contributed by atoms with van der Waals surface area (Å²) >= 11 is 0. The first-order valence-electron chi connectivity index (χ1n) is 14.4. The van der Waals surface area contributed by atoms with Crippen LogP contribution < -0.4 is 15.4 Å². The van der Waals surface area contributed by atoms with Crippen molar-refractivity contribution >= 4 is 22.7 Å². The summed E-state index contributed by atoms with van der Waals surface area (Å²) in [5, 5.41) is 0. The van der Waals surface area contributed by atoms with E-state index in [2.05, 4.69) is 13.8 Å². The zero-order chi connectivity index (χ0) is 29.8. The molecule has 0 bridgehead atoms. The molecule has 1 saturated carbocycles. The first-order chi connectivity index (χ1) is 18.6. The van der Waals surface area contributed by atoms with Crippen LogP contribution in [0.4, 0.5) is 10.1 Å². The topological polar surface area (TPSA) is 64.7 Å². The van der Waals surface area contributed by atoms with Crippen molar-refractivity contribution in [3.8, 4) is 5.75 Å². The zero-order valence-corrected chi connectivity index (χ0v) is 25.7. The molecule has 0 atom stereocenters. The Balaban J connectivity index is 0.000000319. The predicted molar refractivity (Wildman–Crippen MR) is 161 cm³/mol. The molecule has 7 heteroatoms. The van der Waals surface area contributed by atoms with Crippen molar-refractivity contribution in [3.05, 3.63) is 58.1 Å². The highest BCUT2D eigenvalue weighted by Gasteiger charge is 2.40. The largest absolute Gasteiger partial charge is 0.476 e. The molecule has 1 aromatic heterocycles. The number of aryl methyl sites for hydroxylation is 2. The minimum atomic E-state index is -0.935. The highest BCUT2D eigenvalue weighted by Crippen LogP contribution is 2.38. The van der Waals surface area contributed by atoms with Crippen molar-refractivity contribution in [2.75, 3.05) is 18.1 Å². The van der Waals surface area contributed by atoms with Crippen LogP contribution in [0.25, 0.3) is 11.1 Å². The van der Waals surface area contributed by atoms with Gasteiger partial charge in [0.1, 0.15) is 12.4 Å². The summed E-state index contributed by atoms with van der Waals surface area (Å²) in [6.07, 6.45) is 3.73. The van der Waals surface area contributed by atoms with E-state index in [1.54, 1.807) is 24.5 Å². The maximum Gasteiger partial charge on any atom is 0.419 e. The van der Waals surface area contributed by atoms with Gasteiger partial charge in [-0.15, -0.1) is 0 Å². The fourth-order valence-electron chi connectivity index (χ4n) is 3.89. The Kier molecular flexibility index (Phi) is 14.0. The number of oxazole rings is 1. The number of anilines is 1. The SMILES string of the molecule is CC.CC.CCC.Cc1ccc2c(c1)OC(C)(C)C(=O)N2CCF.Cc1ccc2c(c1)oc(=O)n2CC1CC1.